The average molecular weight is 423 g/mol. The molecule has 2 aliphatic rings. The van der Waals surface area contributed by atoms with Gasteiger partial charge in [0, 0.05) is 50.9 Å². The van der Waals surface area contributed by atoms with Gasteiger partial charge in [0.2, 0.25) is 0 Å². The van der Waals surface area contributed by atoms with Crippen molar-refractivity contribution in [2.75, 3.05) is 39.8 Å². The Bertz CT molecular complexity index is 666. The summed E-state index contributed by atoms with van der Waals surface area (Å²) < 4.78 is 6.62. The van der Waals surface area contributed by atoms with Crippen molar-refractivity contribution in [2.24, 2.45) is 4.99 Å². The van der Waals surface area contributed by atoms with Gasteiger partial charge >= 0.3 is 0 Å². The second-order valence-corrected chi connectivity index (χ2v) is 7.70. The van der Waals surface area contributed by atoms with E-state index in [1.165, 1.54) is 11.1 Å². The van der Waals surface area contributed by atoms with Gasteiger partial charge in [0.1, 0.15) is 6.10 Å². The molecular weight excluding hydrogens is 396 g/mol. The molecule has 7 heteroatoms. The maximum Gasteiger partial charge on any atom is 0.251 e. The number of halogens is 1. The Labute approximate surface area is 163 Å². The van der Waals surface area contributed by atoms with E-state index in [0.29, 0.717) is 6.61 Å². The second kappa shape index (κ2) is 8.86. The largest absolute Gasteiger partial charge is 0.368 e. The van der Waals surface area contributed by atoms with Gasteiger partial charge in [-0.1, -0.05) is 22.0 Å². The highest BCUT2D eigenvalue weighted by atomic mass is 79.9. The maximum absolute atomic E-state index is 12.5. The molecule has 1 aromatic carbocycles. The zero-order valence-corrected chi connectivity index (χ0v) is 17.1. The van der Waals surface area contributed by atoms with Gasteiger partial charge in [0.15, 0.2) is 5.96 Å². The third kappa shape index (κ3) is 4.57. The van der Waals surface area contributed by atoms with Crippen molar-refractivity contribution >= 4 is 27.8 Å². The molecule has 1 aromatic rings. The minimum atomic E-state index is -0.223. The molecule has 2 saturated heterocycles. The molecule has 1 atom stereocenters. The molecule has 142 valence electrons. The van der Waals surface area contributed by atoms with Crippen molar-refractivity contribution in [1.82, 2.24) is 15.1 Å². The Kier molecular flexibility index (Phi) is 6.53. The van der Waals surface area contributed by atoms with Crippen molar-refractivity contribution in [1.29, 1.82) is 0 Å². The highest BCUT2D eigenvalue weighted by Gasteiger charge is 2.30. The van der Waals surface area contributed by atoms with Crippen LogP contribution in [0.3, 0.4) is 0 Å². The van der Waals surface area contributed by atoms with Crippen LogP contribution in [0.15, 0.2) is 27.7 Å². The summed E-state index contributed by atoms with van der Waals surface area (Å²) in [5, 5.41) is 3.45. The van der Waals surface area contributed by atoms with E-state index in [4.69, 9.17) is 4.74 Å². The molecule has 2 heterocycles. The molecule has 0 aliphatic carbocycles. The number of carbonyl (C=O) groups is 1. The number of ether oxygens (including phenoxy) is 1. The fourth-order valence-corrected chi connectivity index (χ4v) is 3.95. The number of nitrogens with zero attached hydrogens (tertiary/aromatic N) is 3. The molecule has 0 radical (unpaired) electrons. The third-order valence-corrected chi connectivity index (χ3v) is 5.54. The van der Waals surface area contributed by atoms with E-state index in [9.17, 15) is 4.79 Å². The van der Waals surface area contributed by atoms with E-state index in [1.807, 2.05) is 4.90 Å². The highest BCUT2D eigenvalue weighted by molar-refractivity contribution is 9.10. The zero-order valence-electron chi connectivity index (χ0n) is 15.5. The summed E-state index contributed by atoms with van der Waals surface area (Å²) in [5.74, 6) is 1.03. The monoisotopic (exact) mass is 422 g/mol. The summed E-state index contributed by atoms with van der Waals surface area (Å²) >= 11 is 3.50. The van der Waals surface area contributed by atoms with Crippen molar-refractivity contribution in [3.05, 3.63) is 33.8 Å². The first-order valence-corrected chi connectivity index (χ1v) is 9.99. The summed E-state index contributed by atoms with van der Waals surface area (Å²) in [5.41, 5.74) is 2.50. The van der Waals surface area contributed by atoms with Crippen LogP contribution >= 0.6 is 15.9 Å². The van der Waals surface area contributed by atoms with Crippen LogP contribution in [0, 0.1) is 6.92 Å². The zero-order chi connectivity index (χ0) is 18.5. The van der Waals surface area contributed by atoms with Crippen LogP contribution in [-0.2, 0) is 16.1 Å². The van der Waals surface area contributed by atoms with Crippen molar-refractivity contribution < 1.29 is 9.53 Å². The molecule has 0 bridgehead atoms. The number of hydrogen-bond acceptors (Lipinski definition) is 3. The number of guanidine groups is 1. The molecule has 0 saturated carbocycles. The molecule has 6 nitrogen and oxygen atoms in total. The molecule has 1 unspecified atom stereocenters. The Morgan fingerprint density at radius 2 is 2.04 bits per heavy atom. The summed E-state index contributed by atoms with van der Waals surface area (Å²) in [4.78, 5) is 21.0. The number of benzene rings is 1. The predicted octanol–water partition coefficient (Wildman–Crippen LogP) is 2.16. The SMILES string of the molecule is CN=C(NCc1ccc(Br)cc1C)N1CCN(C(=O)C2CCCO2)CC1. The van der Waals surface area contributed by atoms with Gasteiger partial charge < -0.3 is 19.9 Å². The number of piperazine rings is 1. The van der Waals surface area contributed by atoms with E-state index in [2.05, 4.69) is 56.3 Å². The lowest BCUT2D eigenvalue weighted by Gasteiger charge is -2.37. The summed E-state index contributed by atoms with van der Waals surface area (Å²) in [6.45, 7) is 6.57. The normalized spacial score (nSPS) is 21.2. The van der Waals surface area contributed by atoms with E-state index in [1.54, 1.807) is 7.05 Å². The number of hydrogen-bond donors (Lipinski definition) is 1. The van der Waals surface area contributed by atoms with Crippen molar-refractivity contribution in [3.8, 4) is 0 Å². The van der Waals surface area contributed by atoms with Gasteiger partial charge in [-0.15, -0.1) is 0 Å². The number of aliphatic imine (C=N–C) groups is 1. The molecule has 3 rings (SSSR count). The number of aryl methyl sites for hydroxylation is 1. The minimum absolute atomic E-state index is 0.149. The van der Waals surface area contributed by atoms with Crippen LogP contribution in [0.1, 0.15) is 24.0 Å². The molecule has 26 heavy (non-hydrogen) atoms. The van der Waals surface area contributed by atoms with Gasteiger partial charge in [-0.2, -0.15) is 0 Å². The predicted molar refractivity (Wildman–Crippen MR) is 106 cm³/mol. The first kappa shape index (κ1) is 19.2. The Hall–Kier alpha value is -1.60. The van der Waals surface area contributed by atoms with E-state index in [0.717, 1.165) is 56.0 Å². The average Bonchev–Trinajstić information content (AvgIpc) is 3.18. The fourth-order valence-electron chi connectivity index (χ4n) is 3.48. The Morgan fingerprint density at radius 1 is 1.31 bits per heavy atom. The molecular formula is C19H27BrN4O2. The Morgan fingerprint density at radius 3 is 2.65 bits per heavy atom. The molecule has 1 N–H and O–H groups in total. The fraction of sp³-hybridized carbons (Fsp3) is 0.579. The minimum Gasteiger partial charge on any atom is -0.368 e. The lowest BCUT2D eigenvalue weighted by atomic mass is 10.1. The first-order valence-electron chi connectivity index (χ1n) is 9.19. The number of amides is 1. The van der Waals surface area contributed by atoms with E-state index >= 15 is 0 Å². The molecule has 2 fully saturated rings. The molecule has 2 aliphatic heterocycles. The maximum atomic E-state index is 12.5. The van der Waals surface area contributed by atoms with Crippen LogP contribution < -0.4 is 5.32 Å². The van der Waals surface area contributed by atoms with Gasteiger partial charge in [0.05, 0.1) is 0 Å². The Balaban J connectivity index is 1.51. The summed E-state index contributed by atoms with van der Waals surface area (Å²) in [6, 6.07) is 6.30. The molecule has 0 spiro atoms. The van der Waals surface area contributed by atoms with Gasteiger partial charge in [-0.25, -0.2) is 0 Å². The lowest BCUT2D eigenvalue weighted by Crippen LogP contribution is -2.55. The van der Waals surface area contributed by atoms with E-state index in [-0.39, 0.29) is 12.0 Å². The number of carbonyl (C=O) groups excluding carboxylic acids is 1. The van der Waals surface area contributed by atoms with Crippen LogP contribution in [-0.4, -0.2) is 67.6 Å². The summed E-state index contributed by atoms with van der Waals surface area (Å²) in [7, 11) is 1.81. The third-order valence-electron chi connectivity index (χ3n) is 5.05. The van der Waals surface area contributed by atoms with Crippen molar-refractivity contribution in [2.45, 2.75) is 32.4 Å². The molecule has 0 aromatic heterocycles. The molecule has 1 amide bonds. The lowest BCUT2D eigenvalue weighted by molar-refractivity contribution is -0.142. The summed E-state index contributed by atoms with van der Waals surface area (Å²) in [6.07, 6.45) is 1.62. The van der Waals surface area contributed by atoms with Gasteiger partial charge in [0.25, 0.3) is 5.91 Å². The van der Waals surface area contributed by atoms with E-state index < -0.39 is 0 Å². The quantitative estimate of drug-likeness (QED) is 0.598. The van der Waals surface area contributed by atoms with Gasteiger partial charge in [-0.05, 0) is 43.0 Å². The number of rotatable bonds is 3. The van der Waals surface area contributed by atoms with Crippen LogP contribution in [0.2, 0.25) is 0 Å². The standard InChI is InChI=1S/C19H27BrN4O2/c1-14-12-16(20)6-5-15(14)13-22-19(21-2)24-9-7-23(8-10-24)18(25)17-4-3-11-26-17/h5-6,12,17H,3-4,7-11,13H2,1-2H3,(H,21,22). The van der Waals surface area contributed by atoms with Crippen LogP contribution in [0.5, 0.6) is 0 Å². The van der Waals surface area contributed by atoms with Crippen LogP contribution in [0.25, 0.3) is 0 Å². The second-order valence-electron chi connectivity index (χ2n) is 6.79. The topological polar surface area (TPSA) is 57.2 Å². The first-order chi connectivity index (χ1) is 12.6. The van der Waals surface area contributed by atoms with Crippen LogP contribution in [0.4, 0.5) is 0 Å². The number of nitrogens with one attached hydrogen (secondary N) is 1. The smallest absolute Gasteiger partial charge is 0.251 e. The highest BCUT2D eigenvalue weighted by Crippen LogP contribution is 2.17. The van der Waals surface area contributed by atoms with Gasteiger partial charge in [-0.3, -0.25) is 9.79 Å². The van der Waals surface area contributed by atoms with Crippen molar-refractivity contribution in [3.63, 3.8) is 0 Å².